The van der Waals surface area contributed by atoms with E-state index < -0.39 is 0 Å². The first-order valence-electron chi connectivity index (χ1n) is 8.81. The minimum atomic E-state index is -0.227. The molecule has 0 saturated carbocycles. The van der Waals surface area contributed by atoms with Gasteiger partial charge < -0.3 is 10.0 Å². The van der Waals surface area contributed by atoms with E-state index in [0.29, 0.717) is 29.5 Å². The molecule has 2 aromatic carbocycles. The molecule has 0 aliphatic rings. The number of nitrogens with zero attached hydrogens (tertiary/aromatic N) is 3. The highest BCUT2D eigenvalue weighted by Gasteiger charge is 2.25. The topological polar surface area (TPSA) is 58.4 Å². The van der Waals surface area contributed by atoms with Crippen LogP contribution in [-0.4, -0.2) is 38.8 Å². The first kappa shape index (κ1) is 19.1. The number of aromatic nitrogens is 2. The van der Waals surface area contributed by atoms with E-state index in [1.807, 2.05) is 60.7 Å². The summed E-state index contributed by atoms with van der Waals surface area (Å²) in [5.41, 5.74) is 3.01. The van der Waals surface area contributed by atoms with Crippen molar-refractivity contribution in [3.63, 3.8) is 0 Å². The highest BCUT2D eigenvalue weighted by molar-refractivity contribution is 6.33. The molecule has 1 aromatic heterocycles. The summed E-state index contributed by atoms with van der Waals surface area (Å²) in [7, 11) is 0. The molecule has 0 unspecified atom stereocenters. The number of aliphatic hydroxyl groups excluding tert-OH is 1. The van der Waals surface area contributed by atoms with Crippen LogP contribution < -0.4 is 0 Å². The third kappa shape index (κ3) is 4.56. The second-order valence-electron chi connectivity index (χ2n) is 6.33. The fourth-order valence-corrected chi connectivity index (χ4v) is 3.31. The Morgan fingerprint density at radius 2 is 1.67 bits per heavy atom. The van der Waals surface area contributed by atoms with Crippen molar-refractivity contribution in [3.05, 3.63) is 88.2 Å². The molecular weight excluding hydrogens is 362 g/mol. The molecule has 0 saturated heterocycles. The van der Waals surface area contributed by atoms with Gasteiger partial charge in [0.1, 0.15) is 5.15 Å². The van der Waals surface area contributed by atoms with E-state index in [9.17, 15) is 9.90 Å². The van der Waals surface area contributed by atoms with E-state index in [-0.39, 0.29) is 19.1 Å². The summed E-state index contributed by atoms with van der Waals surface area (Å²) in [5, 5.41) is 14.2. The van der Waals surface area contributed by atoms with E-state index in [4.69, 9.17) is 11.6 Å². The number of carbonyl (C=O) groups excluding carboxylic acids is 1. The average Bonchev–Trinajstić information content (AvgIpc) is 2.96. The van der Waals surface area contributed by atoms with Gasteiger partial charge in [0.2, 0.25) is 0 Å². The highest BCUT2D eigenvalue weighted by atomic mass is 35.5. The highest BCUT2D eigenvalue weighted by Crippen LogP contribution is 2.23. The summed E-state index contributed by atoms with van der Waals surface area (Å²) >= 11 is 6.51. The fraction of sp³-hybridized carbons (Fsp3) is 0.238. The first-order valence-corrected chi connectivity index (χ1v) is 9.19. The zero-order valence-corrected chi connectivity index (χ0v) is 15.9. The number of rotatable bonds is 7. The standard InChI is InChI=1S/C21H22ClN3O2/c1-16-19(20(22)25(23-16)15-18-10-6-3-7-11-18)21(27)24(12-13-26)14-17-8-4-2-5-9-17/h2-11,26H,12-15H2,1H3. The molecule has 0 aliphatic carbocycles. The molecule has 0 atom stereocenters. The number of carbonyl (C=O) groups is 1. The number of halogens is 1. The van der Waals surface area contributed by atoms with Crippen LogP contribution in [0.2, 0.25) is 5.15 Å². The summed E-state index contributed by atoms with van der Waals surface area (Å²) in [6.07, 6.45) is 0. The Hall–Kier alpha value is -2.63. The zero-order valence-electron chi connectivity index (χ0n) is 15.2. The number of hydrogen-bond donors (Lipinski definition) is 1. The molecule has 0 radical (unpaired) electrons. The maximum absolute atomic E-state index is 13.1. The first-order chi connectivity index (χ1) is 13.1. The van der Waals surface area contributed by atoms with Crippen molar-refractivity contribution in [1.82, 2.24) is 14.7 Å². The lowest BCUT2D eigenvalue weighted by Crippen LogP contribution is -2.33. The van der Waals surface area contributed by atoms with Crippen LogP contribution in [0.25, 0.3) is 0 Å². The number of hydrogen-bond acceptors (Lipinski definition) is 3. The van der Waals surface area contributed by atoms with Crippen molar-refractivity contribution in [2.75, 3.05) is 13.2 Å². The largest absolute Gasteiger partial charge is 0.395 e. The quantitative estimate of drug-likeness (QED) is 0.679. The Kier molecular flexibility index (Phi) is 6.27. The van der Waals surface area contributed by atoms with Gasteiger partial charge in [-0.1, -0.05) is 72.3 Å². The minimum Gasteiger partial charge on any atom is -0.395 e. The molecule has 0 spiro atoms. The maximum atomic E-state index is 13.1. The maximum Gasteiger partial charge on any atom is 0.259 e. The van der Waals surface area contributed by atoms with Gasteiger partial charge in [-0.2, -0.15) is 5.10 Å². The second-order valence-corrected chi connectivity index (χ2v) is 6.69. The molecule has 0 aliphatic heterocycles. The van der Waals surface area contributed by atoms with Crippen molar-refractivity contribution in [2.24, 2.45) is 0 Å². The molecule has 1 amide bonds. The number of aryl methyl sites for hydroxylation is 1. The summed E-state index contributed by atoms with van der Waals surface area (Å²) in [6, 6.07) is 19.5. The van der Waals surface area contributed by atoms with Crippen LogP contribution in [0.1, 0.15) is 27.2 Å². The average molecular weight is 384 g/mol. The molecule has 5 nitrogen and oxygen atoms in total. The molecule has 6 heteroatoms. The van der Waals surface area contributed by atoms with Crippen LogP contribution >= 0.6 is 11.6 Å². The Labute approximate surface area is 163 Å². The summed E-state index contributed by atoms with van der Waals surface area (Å²) in [5.74, 6) is -0.227. The van der Waals surface area contributed by atoms with Gasteiger partial charge in [0.25, 0.3) is 5.91 Å². The molecule has 140 valence electrons. The number of benzene rings is 2. The monoisotopic (exact) mass is 383 g/mol. The van der Waals surface area contributed by atoms with Crippen LogP contribution in [0.3, 0.4) is 0 Å². The predicted molar refractivity (Wildman–Crippen MR) is 106 cm³/mol. The molecule has 1 heterocycles. The SMILES string of the molecule is Cc1nn(Cc2ccccc2)c(Cl)c1C(=O)N(CCO)Cc1ccccc1. The Bertz CT molecular complexity index is 895. The van der Waals surface area contributed by atoms with Crippen LogP contribution in [0, 0.1) is 6.92 Å². The zero-order chi connectivity index (χ0) is 19.2. The predicted octanol–water partition coefficient (Wildman–Crippen LogP) is 3.53. The fourth-order valence-electron chi connectivity index (χ4n) is 2.99. The van der Waals surface area contributed by atoms with E-state index in [2.05, 4.69) is 5.10 Å². The van der Waals surface area contributed by atoms with E-state index in [1.54, 1.807) is 16.5 Å². The normalized spacial score (nSPS) is 10.8. The van der Waals surface area contributed by atoms with Crippen molar-refractivity contribution in [2.45, 2.75) is 20.0 Å². The van der Waals surface area contributed by atoms with Crippen LogP contribution in [-0.2, 0) is 13.1 Å². The van der Waals surface area contributed by atoms with Gasteiger partial charge in [0, 0.05) is 13.1 Å². The molecular formula is C21H22ClN3O2. The van der Waals surface area contributed by atoms with Gasteiger partial charge in [0.05, 0.1) is 24.4 Å². The van der Waals surface area contributed by atoms with E-state index in [0.717, 1.165) is 11.1 Å². The third-order valence-corrected chi connectivity index (χ3v) is 4.71. The lowest BCUT2D eigenvalue weighted by molar-refractivity contribution is 0.0707. The van der Waals surface area contributed by atoms with E-state index >= 15 is 0 Å². The molecule has 0 fully saturated rings. The summed E-state index contributed by atoms with van der Waals surface area (Å²) in [4.78, 5) is 14.7. The second kappa shape index (κ2) is 8.84. The molecule has 3 aromatic rings. The molecule has 1 N–H and O–H groups in total. The Balaban J connectivity index is 1.85. The molecule has 0 bridgehead atoms. The van der Waals surface area contributed by atoms with Gasteiger partial charge in [-0.3, -0.25) is 4.79 Å². The Morgan fingerprint density at radius 3 is 2.26 bits per heavy atom. The lowest BCUT2D eigenvalue weighted by Gasteiger charge is -2.22. The van der Waals surface area contributed by atoms with Crippen LogP contribution in [0.5, 0.6) is 0 Å². The van der Waals surface area contributed by atoms with Gasteiger partial charge in [-0.15, -0.1) is 0 Å². The van der Waals surface area contributed by atoms with Gasteiger partial charge in [0.15, 0.2) is 0 Å². The molecule has 27 heavy (non-hydrogen) atoms. The van der Waals surface area contributed by atoms with E-state index in [1.165, 1.54) is 0 Å². The van der Waals surface area contributed by atoms with Crippen molar-refractivity contribution in [1.29, 1.82) is 0 Å². The van der Waals surface area contributed by atoms with Gasteiger partial charge in [-0.25, -0.2) is 4.68 Å². The van der Waals surface area contributed by atoms with Crippen molar-refractivity contribution < 1.29 is 9.90 Å². The summed E-state index contributed by atoms with van der Waals surface area (Å²) in [6.45, 7) is 2.79. The van der Waals surface area contributed by atoms with Gasteiger partial charge >= 0.3 is 0 Å². The third-order valence-electron chi connectivity index (χ3n) is 4.33. The van der Waals surface area contributed by atoms with Gasteiger partial charge in [-0.05, 0) is 18.1 Å². The Morgan fingerprint density at radius 1 is 1.07 bits per heavy atom. The summed E-state index contributed by atoms with van der Waals surface area (Å²) < 4.78 is 1.64. The minimum absolute atomic E-state index is 0.118. The molecule has 3 rings (SSSR count). The van der Waals surface area contributed by atoms with Crippen LogP contribution in [0.4, 0.5) is 0 Å². The number of aliphatic hydroxyl groups is 1. The number of amides is 1. The van der Waals surface area contributed by atoms with Crippen molar-refractivity contribution >= 4 is 17.5 Å². The lowest BCUT2D eigenvalue weighted by atomic mass is 10.1. The van der Waals surface area contributed by atoms with Crippen LogP contribution in [0.15, 0.2) is 60.7 Å². The van der Waals surface area contributed by atoms with Crippen molar-refractivity contribution in [3.8, 4) is 0 Å². The smallest absolute Gasteiger partial charge is 0.259 e.